The minimum atomic E-state index is -0.152. The van der Waals surface area contributed by atoms with E-state index in [1.165, 1.54) is 0 Å². The summed E-state index contributed by atoms with van der Waals surface area (Å²) >= 11 is 6.05. The third-order valence-corrected chi connectivity index (χ3v) is 5.01. The van der Waals surface area contributed by atoms with Crippen molar-refractivity contribution in [3.63, 3.8) is 0 Å². The molecule has 0 saturated carbocycles. The van der Waals surface area contributed by atoms with Crippen molar-refractivity contribution in [1.29, 1.82) is 0 Å². The summed E-state index contributed by atoms with van der Waals surface area (Å²) in [7, 11) is 0. The maximum atomic E-state index is 12.9. The summed E-state index contributed by atoms with van der Waals surface area (Å²) in [6, 6.07) is 12.9. The Hall–Kier alpha value is -2.66. The van der Waals surface area contributed by atoms with Crippen LogP contribution < -0.4 is 0 Å². The number of piperidine rings is 1. The Morgan fingerprint density at radius 2 is 2.11 bits per heavy atom. The molecule has 27 heavy (non-hydrogen) atoms. The van der Waals surface area contributed by atoms with Crippen molar-refractivity contribution in [3.05, 3.63) is 82.8 Å². The Morgan fingerprint density at radius 3 is 2.93 bits per heavy atom. The van der Waals surface area contributed by atoms with E-state index in [1.54, 1.807) is 24.5 Å². The van der Waals surface area contributed by atoms with Crippen LogP contribution in [0.25, 0.3) is 0 Å². The minimum absolute atomic E-state index is 0.0742. The lowest BCUT2D eigenvalue weighted by molar-refractivity contribution is 0.0564. The van der Waals surface area contributed by atoms with Gasteiger partial charge in [0.25, 0.3) is 5.91 Å². The number of oxazole rings is 1. The lowest BCUT2D eigenvalue weighted by atomic mass is 10.0. The van der Waals surface area contributed by atoms with Crippen LogP contribution in [0.4, 0.5) is 0 Å². The normalized spacial score (nSPS) is 17.1. The Kier molecular flexibility index (Phi) is 5.21. The van der Waals surface area contributed by atoms with Crippen molar-refractivity contribution in [1.82, 2.24) is 14.9 Å². The lowest BCUT2D eigenvalue weighted by Gasteiger charge is -2.33. The van der Waals surface area contributed by atoms with Gasteiger partial charge in [-0.05, 0) is 49.1 Å². The number of hydrogen-bond acceptors (Lipinski definition) is 4. The molecule has 2 aromatic heterocycles. The highest BCUT2D eigenvalue weighted by Gasteiger charge is 2.32. The van der Waals surface area contributed by atoms with E-state index in [9.17, 15) is 4.79 Å². The molecular weight excluding hydrogens is 362 g/mol. The SMILES string of the molecule is O=C(c1ccccn1)N1CCCC[C@@H]1c1ncc(Cc2cccc(Cl)c2)o1. The van der Waals surface area contributed by atoms with Gasteiger partial charge in [-0.25, -0.2) is 4.98 Å². The van der Waals surface area contributed by atoms with Gasteiger partial charge in [0.05, 0.1) is 6.20 Å². The van der Waals surface area contributed by atoms with E-state index >= 15 is 0 Å². The van der Waals surface area contributed by atoms with Gasteiger partial charge >= 0.3 is 0 Å². The van der Waals surface area contributed by atoms with Crippen molar-refractivity contribution in [2.75, 3.05) is 6.54 Å². The van der Waals surface area contributed by atoms with Crippen LogP contribution in [0.2, 0.25) is 5.02 Å². The van der Waals surface area contributed by atoms with Crippen LogP contribution in [0, 0.1) is 0 Å². The van der Waals surface area contributed by atoms with E-state index in [0.29, 0.717) is 29.6 Å². The smallest absolute Gasteiger partial charge is 0.273 e. The first kappa shape index (κ1) is 17.7. The van der Waals surface area contributed by atoms with Crippen LogP contribution in [0.3, 0.4) is 0 Å². The van der Waals surface area contributed by atoms with Gasteiger partial charge in [0, 0.05) is 24.2 Å². The third-order valence-electron chi connectivity index (χ3n) is 4.77. The largest absolute Gasteiger partial charge is 0.443 e. The zero-order chi connectivity index (χ0) is 18.6. The molecule has 1 aliphatic rings. The van der Waals surface area contributed by atoms with E-state index < -0.39 is 0 Å². The molecule has 1 saturated heterocycles. The number of benzene rings is 1. The minimum Gasteiger partial charge on any atom is -0.443 e. The van der Waals surface area contributed by atoms with Gasteiger partial charge in [0.1, 0.15) is 17.5 Å². The molecule has 5 nitrogen and oxygen atoms in total. The highest BCUT2D eigenvalue weighted by atomic mass is 35.5. The van der Waals surface area contributed by atoms with Crippen LogP contribution in [-0.2, 0) is 6.42 Å². The molecule has 0 spiro atoms. The third kappa shape index (κ3) is 4.03. The molecule has 1 aromatic carbocycles. The molecule has 4 rings (SSSR count). The highest BCUT2D eigenvalue weighted by Crippen LogP contribution is 2.32. The molecule has 3 heterocycles. The Labute approximate surface area is 163 Å². The first-order valence-corrected chi connectivity index (χ1v) is 9.49. The number of likely N-dealkylation sites (tertiary alicyclic amines) is 1. The Bertz CT molecular complexity index is 926. The van der Waals surface area contributed by atoms with Crippen LogP contribution in [0.15, 0.2) is 59.3 Å². The molecule has 1 fully saturated rings. The predicted octanol–water partition coefficient (Wildman–Crippen LogP) is 4.68. The zero-order valence-corrected chi connectivity index (χ0v) is 15.6. The number of nitrogens with zero attached hydrogens (tertiary/aromatic N) is 3. The number of rotatable bonds is 4. The number of pyridine rings is 1. The number of amides is 1. The molecule has 6 heteroatoms. The number of carbonyl (C=O) groups is 1. The van der Waals surface area contributed by atoms with Gasteiger partial charge in [0.2, 0.25) is 5.89 Å². The fraction of sp³-hybridized carbons (Fsp3) is 0.286. The van der Waals surface area contributed by atoms with Crippen LogP contribution in [0.5, 0.6) is 0 Å². The van der Waals surface area contributed by atoms with Crippen LogP contribution >= 0.6 is 11.6 Å². The molecule has 1 atom stereocenters. The monoisotopic (exact) mass is 381 g/mol. The molecule has 0 N–H and O–H groups in total. The van der Waals surface area contributed by atoms with Crippen molar-refractivity contribution in [3.8, 4) is 0 Å². The van der Waals surface area contributed by atoms with Gasteiger partial charge in [-0.2, -0.15) is 0 Å². The summed E-state index contributed by atoms with van der Waals surface area (Å²) < 4.78 is 6.01. The lowest BCUT2D eigenvalue weighted by Crippen LogP contribution is -2.39. The fourth-order valence-electron chi connectivity index (χ4n) is 3.47. The van der Waals surface area contributed by atoms with E-state index in [1.807, 2.05) is 35.2 Å². The van der Waals surface area contributed by atoms with E-state index in [4.69, 9.17) is 16.0 Å². The maximum absolute atomic E-state index is 12.9. The molecule has 0 bridgehead atoms. The van der Waals surface area contributed by atoms with Gasteiger partial charge in [-0.15, -0.1) is 0 Å². The van der Waals surface area contributed by atoms with Gasteiger partial charge in [-0.1, -0.05) is 29.8 Å². The number of hydrogen-bond donors (Lipinski definition) is 0. The second-order valence-electron chi connectivity index (χ2n) is 6.70. The van der Waals surface area contributed by atoms with Crippen LogP contribution in [-0.4, -0.2) is 27.3 Å². The molecule has 0 aliphatic carbocycles. The Balaban J connectivity index is 1.54. The molecular formula is C21H20ClN3O2. The zero-order valence-electron chi connectivity index (χ0n) is 14.8. The Morgan fingerprint density at radius 1 is 1.19 bits per heavy atom. The average molecular weight is 382 g/mol. The average Bonchev–Trinajstić information content (AvgIpc) is 3.16. The second-order valence-corrected chi connectivity index (χ2v) is 7.13. The van der Waals surface area contributed by atoms with Crippen molar-refractivity contribution < 1.29 is 9.21 Å². The highest BCUT2D eigenvalue weighted by molar-refractivity contribution is 6.30. The topological polar surface area (TPSA) is 59.2 Å². The quantitative estimate of drug-likeness (QED) is 0.658. The van der Waals surface area contributed by atoms with Crippen LogP contribution in [0.1, 0.15) is 53.0 Å². The maximum Gasteiger partial charge on any atom is 0.273 e. The van der Waals surface area contributed by atoms with Gasteiger partial charge in [-0.3, -0.25) is 9.78 Å². The van der Waals surface area contributed by atoms with Crippen molar-refractivity contribution in [2.24, 2.45) is 0 Å². The van der Waals surface area contributed by atoms with Gasteiger partial charge < -0.3 is 9.32 Å². The number of carbonyl (C=O) groups excluding carboxylic acids is 1. The summed E-state index contributed by atoms with van der Waals surface area (Å²) in [4.78, 5) is 23.4. The molecule has 3 aromatic rings. The van der Waals surface area contributed by atoms with E-state index in [2.05, 4.69) is 9.97 Å². The summed E-state index contributed by atoms with van der Waals surface area (Å²) in [5.74, 6) is 1.29. The summed E-state index contributed by atoms with van der Waals surface area (Å²) in [6.07, 6.45) is 6.87. The molecule has 1 amide bonds. The predicted molar refractivity (Wildman–Crippen MR) is 103 cm³/mol. The number of aromatic nitrogens is 2. The molecule has 0 unspecified atom stereocenters. The molecule has 138 valence electrons. The number of halogens is 1. The van der Waals surface area contributed by atoms with E-state index in [-0.39, 0.29) is 11.9 Å². The summed E-state index contributed by atoms with van der Waals surface area (Å²) in [6.45, 7) is 0.687. The fourth-order valence-corrected chi connectivity index (χ4v) is 3.69. The molecule has 1 aliphatic heterocycles. The van der Waals surface area contributed by atoms with Gasteiger partial charge in [0.15, 0.2) is 0 Å². The molecule has 0 radical (unpaired) electrons. The first-order chi connectivity index (χ1) is 13.2. The van der Waals surface area contributed by atoms with Crippen molar-refractivity contribution >= 4 is 17.5 Å². The standard InChI is InChI=1S/C21H20ClN3O2/c22-16-7-5-6-15(12-16)13-17-14-24-20(27-17)19-9-2-4-11-25(19)21(26)18-8-1-3-10-23-18/h1,3,5-8,10,12,14,19H,2,4,9,11,13H2/t19-/m1/s1. The van der Waals surface area contributed by atoms with E-state index in [0.717, 1.165) is 30.6 Å². The first-order valence-electron chi connectivity index (χ1n) is 9.12. The summed E-state index contributed by atoms with van der Waals surface area (Å²) in [5.41, 5.74) is 1.52. The summed E-state index contributed by atoms with van der Waals surface area (Å²) in [5, 5.41) is 0.701. The van der Waals surface area contributed by atoms with Crippen molar-refractivity contribution in [2.45, 2.75) is 31.7 Å². The second kappa shape index (κ2) is 7.92.